The maximum atomic E-state index is 9.82. The number of hydrogen-bond donors (Lipinski definition) is 1. The minimum absolute atomic E-state index is 0.352. The van der Waals surface area contributed by atoms with Crippen LogP contribution in [0.4, 0.5) is 11.4 Å². The van der Waals surface area contributed by atoms with Crippen LogP contribution in [-0.2, 0) is 6.54 Å². The molecule has 0 atom stereocenters. The number of halogens is 2. The van der Waals surface area contributed by atoms with Gasteiger partial charge in [-0.05, 0) is 37.4 Å². The monoisotopic (exact) mass is 551 g/mol. The molecule has 2 aromatic heterocycles. The maximum Gasteiger partial charge on any atom is 0.139 e. The molecule has 1 fully saturated rings. The number of rotatable bonds is 7. The summed E-state index contributed by atoms with van der Waals surface area (Å²) >= 11 is 12.7. The third-order valence-electron chi connectivity index (χ3n) is 6.71. The molecule has 0 saturated carbocycles. The molecule has 38 heavy (non-hydrogen) atoms. The Morgan fingerprint density at radius 1 is 1.03 bits per heavy atom. The van der Waals surface area contributed by atoms with Crippen LogP contribution in [0.25, 0.3) is 22.2 Å². The Balaban J connectivity index is 1.52. The van der Waals surface area contributed by atoms with Crippen LogP contribution in [0.3, 0.4) is 0 Å². The molecule has 0 bridgehead atoms. The topological polar surface area (TPSA) is 86.8 Å². The van der Waals surface area contributed by atoms with E-state index in [0.717, 1.165) is 44.0 Å². The average Bonchev–Trinajstić information content (AvgIpc) is 3.39. The normalized spacial score (nSPS) is 14.4. The molecule has 0 unspecified atom stereocenters. The third kappa shape index (κ3) is 5.24. The van der Waals surface area contributed by atoms with Crippen molar-refractivity contribution in [1.29, 1.82) is 5.26 Å². The third-order valence-corrected chi connectivity index (χ3v) is 7.32. The summed E-state index contributed by atoms with van der Waals surface area (Å²) in [4.78, 5) is 9.26. The second kappa shape index (κ2) is 11.1. The van der Waals surface area contributed by atoms with Crippen molar-refractivity contribution >= 4 is 45.5 Å². The number of aromatic nitrogens is 1. The molecule has 10 heteroatoms. The van der Waals surface area contributed by atoms with Gasteiger partial charge in [-0.3, -0.25) is 9.88 Å². The number of anilines is 2. The fraction of sp³-hybridized carbons (Fsp3) is 0.286. The van der Waals surface area contributed by atoms with Gasteiger partial charge in [-0.15, -0.1) is 0 Å². The van der Waals surface area contributed by atoms with Crippen molar-refractivity contribution in [2.75, 3.05) is 52.8 Å². The summed E-state index contributed by atoms with van der Waals surface area (Å²) in [5, 5.41) is 14.6. The predicted octanol–water partition coefficient (Wildman–Crippen LogP) is 6.18. The van der Waals surface area contributed by atoms with Gasteiger partial charge in [0.15, 0.2) is 0 Å². The summed E-state index contributed by atoms with van der Waals surface area (Å²) in [5.41, 5.74) is 2.88. The lowest BCUT2D eigenvalue weighted by atomic mass is 10.0. The predicted molar refractivity (Wildman–Crippen MR) is 150 cm³/mol. The molecule has 0 radical (unpaired) electrons. The van der Waals surface area contributed by atoms with Crippen molar-refractivity contribution < 1.29 is 13.9 Å². The number of nitrogens with zero attached hydrogens (tertiary/aromatic N) is 4. The lowest BCUT2D eigenvalue weighted by molar-refractivity contribution is 0.140. The molecule has 1 N–H and O–H groups in total. The van der Waals surface area contributed by atoms with Crippen molar-refractivity contribution in [3.05, 3.63) is 64.0 Å². The zero-order valence-corrected chi connectivity index (χ0v) is 22.9. The van der Waals surface area contributed by atoms with Gasteiger partial charge in [0.05, 0.1) is 58.8 Å². The average molecular weight is 552 g/mol. The first kappa shape index (κ1) is 26.1. The number of furan rings is 1. The van der Waals surface area contributed by atoms with Crippen LogP contribution in [0.5, 0.6) is 11.5 Å². The molecule has 4 aromatic rings. The molecule has 0 amide bonds. The Kier molecular flexibility index (Phi) is 7.63. The molecular formula is C28H27Cl2N5O3. The second-order valence-corrected chi connectivity index (χ2v) is 9.98. The molecule has 1 saturated heterocycles. The Morgan fingerprint density at radius 2 is 1.79 bits per heavy atom. The highest BCUT2D eigenvalue weighted by molar-refractivity contribution is 6.37. The SMILES string of the molecule is COc1cc(Nc2c(C#N)cnc3cc(-c4ccc(CN5CCN(C)CC5)o4)c(OC)cc23)c(Cl)cc1Cl. The summed E-state index contributed by atoms with van der Waals surface area (Å²) in [7, 11) is 5.27. The van der Waals surface area contributed by atoms with Gasteiger partial charge in [0, 0.05) is 43.8 Å². The number of pyridine rings is 1. The van der Waals surface area contributed by atoms with Crippen molar-refractivity contribution in [2.24, 2.45) is 0 Å². The molecule has 5 rings (SSSR count). The molecule has 1 aliphatic heterocycles. The Morgan fingerprint density at radius 3 is 2.50 bits per heavy atom. The number of methoxy groups -OCH3 is 2. The van der Waals surface area contributed by atoms with Crippen LogP contribution < -0.4 is 14.8 Å². The van der Waals surface area contributed by atoms with Crippen molar-refractivity contribution in [3.63, 3.8) is 0 Å². The fourth-order valence-corrected chi connectivity index (χ4v) is 5.06. The van der Waals surface area contributed by atoms with Crippen LogP contribution in [0.2, 0.25) is 10.0 Å². The van der Waals surface area contributed by atoms with Gasteiger partial charge in [-0.1, -0.05) is 23.2 Å². The highest BCUT2D eigenvalue weighted by Crippen LogP contribution is 2.41. The first-order chi connectivity index (χ1) is 18.4. The van der Waals surface area contributed by atoms with Crippen LogP contribution in [0.1, 0.15) is 11.3 Å². The van der Waals surface area contributed by atoms with Crippen LogP contribution >= 0.6 is 23.2 Å². The van der Waals surface area contributed by atoms with Crippen molar-refractivity contribution in [1.82, 2.24) is 14.8 Å². The molecule has 3 heterocycles. The van der Waals surface area contributed by atoms with E-state index in [1.54, 1.807) is 19.2 Å². The molecule has 0 spiro atoms. The number of piperazine rings is 1. The zero-order valence-electron chi connectivity index (χ0n) is 21.3. The number of likely N-dealkylation sites (N-methyl/N-ethyl adjacent to an activating group) is 1. The van der Waals surface area contributed by atoms with Gasteiger partial charge >= 0.3 is 0 Å². The summed E-state index contributed by atoms with van der Waals surface area (Å²) in [6.45, 7) is 4.87. The highest BCUT2D eigenvalue weighted by atomic mass is 35.5. The van der Waals surface area contributed by atoms with Gasteiger partial charge in [0.2, 0.25) is 0 Å². The lowest BCUT2D eigenvalue weighted by Gasteiger charge is -2.31. The highest BCUT2D eigenvalue weighted by Gasteiger charge is 2.20. The maximum absolute atomic E-state index is 9.82. The van der Waals surface area contributed by atoms with E-state index in [9.17, 15) is 5.26 Å². The van der Waals surface area contributed by atoms with Gasteiger partial charge < -0.3 is 24.1 Å². The molecule has 8 nitrogen and oxygen atoms in total. The number of benzene rings is 2. The quantitative estimate of drug-likeness (QED) is 0.291. The van der Waals surface area contributed by atoms with E-state index in [0.29, 0.717) is 55.1 Å². The molecular weight excluding hydrogens is 525 g/mol. The standard InChI is InChI=1S/C28H27Cl2N5O3/c1-34-6-8-35(9-7-34)16-18-4-5-25(38-18)20-10-23-19(11-26(20)36-2)28(17(14-31)15-32-23)33-24-13-27(37-3)22(30)12-21(24)29/h4-5,10-13,15H,6-9,16H2,1-3H3,(H,32,33). The zero-order chi connectivity index (χ0) is 26.8. The number of fused-ring (bicyclic) bond motifs is 1. The van der Waals surface area contributed by atoms with E-state index >= 15 is 0 Å². The Hall–Kier alpha value is -3.48. The summed E-state index contributed by atoms with van der Waals surface area (Å²) in [5.74, 6) is 2.64. The first-order valence-corrected chi connectivity index (χ1v) is 12.9. The van der Waals surface area contributed by atoms with E-state index < -0.39 is 0 Å². The van der Waals surface area contributed by atoms with Gasteiger partial charge in [-0.2, -0.15) is 5.26 Å². The number of nitriles is 1. The first-order valence-electron chi connectivity index (χ1n) is 12.1. The van der Waals surface area contributed by atoms with E-state index in [2.05, 4.69) is 33.2 Å². The summed E-state index contributed by atoms with van der Waals surface area (Å²) in [6, 6.07) is 13.2. The van der Waals surface area contributed by atoms with Crippen molar-refractivity contribution in [3.8, 4) is 28.9 Å². The van der Waals surface area contributed by atoms with Gasteiger partial charge in [-0.25, -0.2) is 0 Å². The molecule has 1 aliphatic rings. The number of ether oxygens (including phenoxy) is 2. The minimum atomic E-state index is 0.352. The fourth-order valence-electron chi connectivity index (χ4n) is 4.55. The van der Waals surface area contributed by atoms with Gasteiger partial charge in [0.25, 0.3) is 0 Å². The minimum Gasteiger partial charge on any atom is -0.496 e. The largest absolute Gasteiger partial charge is 0.496 e. The van der Waals surface area contributed by atoms with E-state index in [1.165, 1.54) is 13.3 Å². The smallest absolute Gasteiger partial charge is 0.139 e. The molecule has 2 aromatic carbocycles. The van der Waals surface area contributed by atoms with E-state index in [1.807, 2.05) is 24.3 Å². The van der Waals surface area contributed by atoms with Gasteiger partial charge in [0.1, 0.15) is 29.1 Å². The Bertz CT molecular complexity index is 1520. The molecule has 0 aliphatic carbocycles. The lowest BCUT2D eigenvalue weighted by Crippen LogP contribution is -2.43. The van der Waals surface area contributed by atoms with Crippen molar-refractivity contribution in [2.45, 2.75) is 6.54 Å². The second-order valence-electron chi connectivity index (χ2n) is 9.17. The van der Waals surface area contributed by atoms with Crippen LogP contribution in [0.15, 0.2) is 47.0 Å². The van der Waals surface area contributed by atoms with E-state index in [-0.39, 0.29) is 0 Å². The van der Waals surface area contributed by atoms with Crippen LogP contribution in [0, 0.1) is 11.3 Å². The summed E-state index contributed by atoms with van der Waals surface area (Å²) in [6.07, 6.45) is 1.53. The number of hydrogen-bond acceptors (Lipinski definition) is 8. The van der Waals surface area contributed by atoms with Crippen LogP contribution in [-0.4, -0.2) is 62.2 Å². The summed E-state index contributed by atoms with van der Waals surface area (Å²) < 4.78 is 17.3. The van der Waals surface area contributed by atoms with E-state index in [4.69, 9.17) is 37.1 Å². The molecule has 196 valence electrons. The Labute approximate surface area is 231 Å². The number of nitrogens with one attached hydrogen (secondary N) is 1.